The van der Waals surface area contributed by atoms with Crippen molar-refractivity contribution >= 4 is 23.8 Å². The summed E-state index contributed by atoms with van der Waals surface area (Å²) in [5, 5.41) is 22.4. The highest BCUT2D eigenvalue weighted by molar-refractivity contribution is 5.87. The van der Waals surface area contributed by atoms with Crippen molar-refractivity contribution in [3.8, 4) is 0 Å². The first kappa shape index (κ1) is 40.3. The number of allylic oxidation sites excluding steroid dienone is 4. The Labute approximate surface area is 260 Å². The number of esters is 1. The third-order valence-corrected chi connectivity index (χ3v) is 7.20. The predicted octanol–water partition coefficient (Wildman–Crippen LogP) is 6.53. The van der Waals surface area contributed by atoms with Crippen LogP contribution in [0.1, 0.15) is 142 Å². The van der Waals surface area contributed by atoms with Crippen LogP contribution in [-0.4, -0.2) is 59.3 Å². The molecule has 4 N–H and O–H groups in total. The maximum absolute atomic E-state index is 12.4. The predicted molar refractivity (Wildman–Crippen MR) is 172 cm³/mol. The van der Waals surface area contributed by atoms with Gasteiger partial charge in [-0.15, -0.1) is 0 Å². The van der Waals surface area contributed by atoms with E-state index in [1.54, 1.807) is 0 Å². The number of aliphatic hydroxyl groups excluding tert-OH is 1. The summed E-state index contributed by atoms with van der Waals surface area (Å²) in [6.45, 7) is 3.28. The Kier molecular flexibility index (Phi) is 27.6. The van der Waals surface area contributed by atoms with Gasteiger partial charge in [0.15, 0.2) is 0 Å². The molecule has 0 aliphatic rings. The van der Waals surface area contributed by atoms with Gasteiger partial charge >= 0.3 is 11.9 Å². The van der Waals surface area contributed by atoms with Crippen molar-refractivity contribution in [3.63, 3.8) is 0 Å². The minimum Gasteiger partial charge on any atom is -0.480 e. The van der Waals surface area contributed by atoms with E-state index >= 15 is 0 Å². The van der Waals surface area contributed by atoms with E-state index in [9.17, 15) is 19.2 Å². The Bertz CT molecular complexity index is 798. The highest BCUT2D eigenvalue weighted by Crippen LogP contribution is 2.16. The van der Waals surface area contributed by atoms with Crippen LogP contribution in [0.2, 0.25) is 0 Å². The van der Waals surface area contributed by atoms with E-state index in [0.717, 1.165) is 70.6 Å². The Morgan fingerprint density at radius 3 is 1.93 bits per heavy atom. The van der Waals surface area contributed by atoms with Gasteiger partial charge in [0.25, 0.3) is 0 Å². The summed E-state index contributed by atoms with van der Waals surface area (Å²) in [4.78, 5) is 46.9. The molecule has 0 aromatic heterocycles. The number of aliphatic carboxylic acids is 1. The molecule has 2 atom stereocenters. The van der Waals surface area contributed by atoms with Crippen LogP contribution >= 0.6 is 0 Å². The summed E-state index contributed by atoms with van der Waals surface area (Å²) >= 11 is 0. The average Bonchev–Trinajstić information content (AvgIpc) is 2.98. The molecule has 2 amide bonds. The zero-order valence-corrected chi connectivity index (χ0v) is 27.0. The van der Waals surface area contributed by atoms with E-state index in [4.69, 9.17) is 14.9 Å². The highest BCUT2D eigenvalue weighted by Gasteiger charge is 2.19. The third kappa shape index (κ3) is 26.7. The Balaban J connectivity index is 3.95. The first-order chi connectivity index (χ1) is 20.8. The van der Waals surface area contributed by atoms with E-state index in [0.29, 0.717) is 12.8 Å². The first-order valence-corrected chi connectivity index (χ1v) is 16.7. The standard InChI is InChI=1S/C34H60N2O7/c1-3-5-7-8-9-10-11-12-13-14-15-16-17-18-22-26-33(40)43-29(23-6-4-2)24-20-19-21-25-31(38)35-27-32(39)36-30(28-37)34(41)42/h9-10,12-13,29-30,37H,3-8,11,14-28H2,1-2H3,(H,35,38)(H,36,39)(H,41,42)/b10-9-,13-12-. The summed E-state index contributed by atoms with van der Waals surface area (Å²) in [6.07, 6.45) is 28.3. The fourth-order valence-corrected chi connectivity index (χ4v) is 4.55. The zero-order chi connectivity index (χ0) is 32.0. The van der Waals surface area contributed by atoms with Crippen LogP contribution in [0.4, 0.5) is 0 Å². The molecule has 43 heavy (non-hydrogen) atoms. The SMILES string of the molecule is CCCCC/C=C\C/C=C\CCCCCCCC(=O)OC(CCCC)CCCCCC(=O)NCC(=O)NC(CO)C(=O)O. The van der Waals surface area contributed by atoms with Crippen molar-refractivity contribution in [2.45, 2.75) is 154 Å². The summed E-state index contributed by atoms with van der Waals surface area (Å²) < 4.78 is 5.79. The number of rotatable bonds is 29. The molecule has 0 aliphatic heterocycles. The van der Waals surface area contributed by atoms with Crippen LogP contribution in [0.15, 0.2) is 24.3 Å². The van der Waals surface area contributed by atoms with Gasteiger partial charge in [0.1, 0.15) is 12.1 Å². The number of aliphatic hydroxyl groups is 1. The number of carbonyl (C=O) groups is 4. The molecular formula is C34H60N2O7. The van der Waals surface area contributed by atoms with E-state index in [1.807, 2.05) is 0 Å². The fourth-order valence-electron chi connectivity index (χ4n) is 4.55. The largest absolute Gasteiger partial charge is 0.480 e. The molecule has 0 aromatic carbocycles. The van der Waals surface area contributed by atoms with Gasteiger partial charge in [-0.1, -0.05) is 89.5 Å². The van der Waals surface area contributed by atoms with Crippen molar-refractivity contribution in [1.82, 2.24) is 10.6 Å². The second-order valence-corrected chi connectivity index (χ2v) is 11.3. The molecule has 0 aromatic rings. The lowest BCUT2D eigenvalue weighted by Crippen LogP contribution is -2.47. The quantitative estimate of drug-likeness (QED) is 0.0430. The van der Waals surface area contributed by atoms with Crippen LogP contribution in [0, 0.1) is 0 Å². The topological polar surface area (TPSA) is 142 Å². The van der Waals surface area contributed by atoms with E-state index in [1.165, 1.54) is 38.5 Å². The molecule has 2 unspecified atom stereocenters. The molecule has 9 nitrogen and oxygen atoms in total. The number of amides is 2. The van der Waals surface area contributed by atoms with Crippen molar-refractivity contribution < 1.29 is 34.1 Å². The molecule has 0 bridgehead atoms. The molecule has 0 fully saturated rings. The zero-order valence-electron chi connectivity index (χ0n) is 27.0. The summed E-state index contributed by atoms with van der Waals surface area (Å²) in [6, 6.07) is -1.39. The minimum absolute atomic E-state index is 0.0864. The van der Waals surface area contributed by atoms with Crippen LogP contribution < -0.4 is 10.6 Å². The fraction of sp³-hybridized carbons (Fsp3) is 0.765. The number of hydrogen-bond donors (Lipinski definition) is 4. The molecule has 0 saturated carbocycles. The van der Waals surface area contributed by atoms with Gasteiger partial charge in [0.2, 0.25) is 11.8 Å². The number of carboxylic acid groups (broad SMARTS) is 1. The first-order valence-electron chi connectivity index (χ1n) is 16.7. The molecule has 0 rings (SSSR count). The monoisotopic (exact) mass is 608 g/mol. The van der Waals surface area contributed by atoms with Gasteiger partial charge in [0, 0.05) is 12.8 Å². The number of carbonyl (C=O) groups excluding carboxylic acids is 3. The van der Waals surface area contributed by atoms with Gasteiger partial charge in [-0.25, -0.2) is 4.79 Å². The second kappa shape index (κ2) is 29.4. The molecule has 0 aliphatic carbocycles. The van der Waals surface area contributed by atoms with E-state index in [2.05, 4.69) is 48.8 Å². The maximum atomic E-state index is 12.4. The Morgan fingerprint density at radius 1 is 0.698 bits per heavy atom. The van der Waals surface area contributed by atoms with E-state index < -0.39 is 24.5 Å². The maximum Gasteiger partial charge on any atom is 0.328 e. The van der Waals surface area contributed by atoms with Gasteiger partial charge in [-0.2, -0.15) is 0 Å². The third-order valence-electron chi connectivity index (χ3n) is 7.20. The molecule has 0 saturated heterocycles. The minimum atomic E-state index is -1.39. The Morgan fingerprint density at radius 2 is 1.28 bits per heavy atom. The summed E-state index contributed by atoms with van der Waals surface area (Å²) in [5.74, 6) is -2.42. The number of ether oxygens (including phenoxy) is 1. The van der Waals surface area contributed by atoms with Crippen LogP contribution in [-0.2, 0) is 23.9 Å². The van der Waals surface area contributed by atoms with Crippen LogP contribution in [0.5, 0.6) is 0 Å². The van der Waals surface area contributed by atoms with Crippen molar-refractivity contribution in [3.05, 3.63) is 24.3 Å². The normalized spacial score (nSPS) is 12.8. The summed E-state index contributed by atoms with van der Waals surface area (Å²) in [7, 11) is 0. The number of carboxylic acids is 1. The lowest BCUT2D eigenvalue weighted by molar-refractivity contribution is -0.150. The Hall–Kier alpha value is -2.68. The van der Waals surface area contributed by atoms with Crippen LogP contribution in [0.3, 0.4) is 0 Å². The molecule has 9 heteroatoms. The average molecular weight is 609 g/mol. The van der Waals surface area contributed by atoms with E-state index in [-0.39, 0.29) is 30.9 Å². The van der Waals surface area contributed by atoms with Gasteiger partial charge in [-0.3, -0.25) is 14.4 Å². The molecule has 0 heterocycles. The smallest absolute Gasteiger partial charge is 0.328 e. The number of unbranched alkanes of at least 4 members (excludes halogenated alkanes) is 11. The van der Waals surface area contributed by atoms with Gasteiger partial charge in [0.05, 0.1) is 13.2 Å². The number of nitrogens with one attached hydrogen (secondary N) is 2. The number of hydrogen-bond acceptors (Lipinski definition) is 6. The van der Waals surface area contributed by atoms with Crippen molar-refractivity contribution in [2.75, 3.05) is 13.2 Å². The second-order valence-electron chi connectivity index (χ2n) is 11.3. The molecule has 0 radical (unpaired) electrons. The lowest BCUT2D eigenvalue weighted by atomic mass is 10.0. The lowest BCUT2D eigenvalue weighted by Gasteiger charge is -2.18. The van der Waals surface area contributed by atoms with Crippen molar-refractivity contribution in [1.29, 1.82) is 0 Å². The van der Waals surface area contributed by atoms with Crippen LogP contribution in [0.25, 0.3) is 0 Å². The molecule has 0 spiro atoms. The van der Waals surface area contributed by atoms with Crippen molar-refractivity contribution in [2.24, 2.45) is 0 Å². The molecular weight excluding hydrogens is 548 g/mol. The van der Waals surface area contributed by atoms with Gasteiger partial charge in [-0.05, 0) is 64.2 Å². The highest BCUT2D eigenvalue weighted by atomic mass is 16.5. The molecule has 248 valence electrons. The van der Waals surface area contributed by atoms with Gasteiger partial charge < -0.3 is 25.6 Å². The summed E-state index contributed by atoms with van der Waals surface area (Å²) in [5.41, 5.74) is 0.